The molecule has 0 radical (unpaired) electrons. The number of carbonyl (C=O) groups is 2. The molecular weight excluding hydrogens is 450 g/mol. The molecule has 6 nitrogen and oxygen atoms in total. The van der Waals surface area contributed by atoms with Crippen molar-refractivity contribution in [1.82, 2.24) is 15.2 Å². The molecule has 4 rings (SSSR count). The van der Waals surface area contributed by atoms with E-state index >= 15 is 0 Å². The molecule has 3 aromatic rings. The Morgan fingerprint density at radius 3 is 2.73 bits per heavy atom. The van der Waals surface area contributed by atoms with E-state index in [0.717, 1.165) is 21.2 Å². The molecule has 0 bridgehead atoms. The minimum absolute atomic E-state index is 0.271. The Balaban J connectivity index is 1.45. The van der Waals surface area contributed by atoms with Crippen LogP contribution in [0, 0.1) is 11.3 Å². The molecule has 1 N–H and O–H groups in total. The number of halogens is 3. The molecule has 0 unspecified atom stereocenters. The lowest BCUT2D eigenvalue weighted by molar-refractivity contribution is -0.180. The van der Waals surface area contributed by atoms with Crippen LogP contribution in [0.4, 0.5) is 8.78 Å². The lowest BCUT2D eigenvalue weighted by Gasteiger charge is -2.43. The van der Waals surface area contributed by atoms with Gasteiger partial charge in [0.2, 0.25) is 5.91 Å². The highest BCUT2D eigenvalue weighted by Gasteiger charge is 2.57. The Morgan fingerprint density at radius 2 is 1.97 bits per heavy atom. The molecule has 2 heterocycles. The smallest absolute Gasteiger partial charge is 0.298 e. The number of alkyl halides is 2. The monoisotopic (exact) mass is 466 g/mol. The molecule has 9 heteroatoms. The normalized spacial score (nSPS) is 16.9. The van der Waals surface area contributed by atoms with Crippen molar-refractivity contribution in [2.75, 3.05) is 13.1 Å². The summed E-state index contributed by atoms with van der Waals surface area (Å²) in [6.07, 6.45) is 6.50. The highest BCUT2D eigenvalue weighted by Crippen LogP contribution is 2.34. The van der Waals surface area contributed by atoms with Crippen molar-refractivity contribution in [2.24, 2.45) is 0 Å². The van der Waals surface area contributed by atoms with Gasteiger partial charge in [-0.25, -0.2) is 8.78 Å². The first-order chi connectivity index (χ1) is 15.8. The van der Waals surface area contributed by atoms with Crippen molar-refractivity contribution >= 4 is 46.3 Å². The van der Waals surface area contributed by atoms with Gasteiger partial charge in [-0.2, -0.15) is 5.26 Å². The highest BCUT2D eigenvalue weighted by molar-refractivity contribution is 6.31. The van der Waals surface area contributed by atoms with E-state index in [-0.39, 0.29) is 5.56 Å². The zero-order chi connectivity index (χ0) is 23.6. The van der Waals surface area contributed by atoms with Crippen LogP contribution in [0.5, 0.6) is 0 Å². The lowest BCUT2D eigenvalue weighted by atomic mass is 9.99. The van der Waals surface area contributed by atoms with Crippen LogP contribution in [-0.2, 0) is 4.79 Å². The number of nitriles is 1. The number of fused-ring (bicyclic) bond motifs is 1. The maximum Gasteiger partial charge on any atom is 0.298 e. The Hall–Kier alpha value is -3.83. The van der Waals surface area contributed by atoms with E-state index in [1.165, 1.54) is 24.5 Å². The van der Waals surface area contributed by atoms with Crippen LogP contribution in [0.15, 0.2) is 54.9 Å². The summed E-state index contributed by atoms with van der Waals surface area (Å²) in [5, 5.41) is 13.9. The minimum Gasteiger partial charge on any atom is -0.343 e. The Labute approximate surface area is 193 Å². The predicted octanol–water partition coefficient (Wildman–Crippen LogP) is 4.16. The quantitative estimate of drug-likeness (QED) is 0.611. The van der Waals surface area contributed by atoms with E-state index in [2.05, 4.69) is 10.3 Å². The largest absolute Gasteiger partial charge is 0.343 e. The summed E-state index contributed by atoms with van der Waals surface area (Å²) < 4.78 is 26.7. The second-order valence-corrected chi connectivity index (χ2v) is 7.98. The van der Waals surface area contributed by atoms with Gasteiger partial charge >= 0.3 is 0 Å². The highest BCUT2D eigenvalue weighted by atomic mass is 35.5. The molecule has 0 saturated carbocycles. The maximum absolute atomic E-state index is 13.3. The topological polar surface area (TPSA) is 86.1 Å². The van der Waals surface area contributed by atoms with Gasteiger partial charge in [-0.15, -0.1) is 0 Å². The fourth-order valence-corrected chi connectivity index (χ4v) is 3.72. The average molecular weight is 467 g/mol. The molecule has 33 heavy (non-hydrogen) atoms. The molecule has 1 atom stereocenters. The molecule has 0 spiro atoms. The van der Waals surface area contributed by atoms with Gasteiger partial charge in [0, 0.05) is 28.5 Å². The van der Waals surface area contributed by atoms with Crippen LogP contribution >= 0.6 is 11.6 Å². The first-order valence-electron chi connectivity index (χ1n) is 9.95. The van der Waals surface area contributed by atoms with Crippen molar-refractivity contribution in [3.63, 3.8) is 0 Å². The van der Waals surface area contributed by atoms with Gasteiger partial charge in [0.1, 0.15) is 0 Å². The van der Waals surface area contributed by atoms with Crippen molar-refractivity contribution in [3.8, 4) is 6.07 Å². The van der Waals surface area contributed by atoms with E-state index in [0.29, 0.717) is 10.6 Å². The van der Waals surface area contributed by atoms with Gasteiger partial charge in [0.25, 0.3) is 11.8 Å². The standard InChI is InChI=1S/C24H17ClF2N4O2/c25-19-6-5-16-9-15(1-3-17(16)10-19)2-4-18-12-29-8-7-20(18)23(33)30-13-22(32)31-14-24(26,27)21(31)11-28/h1-10,12,21H,13-14H2,(H,30,33)/b4-2+/t21-/m1/s1. The molecule has 1 saturated heterocycles. The molecule has 1 aliphatic heterocycles. The third-order valence-electron chi connectivity index (χ3n) is 5.31. The van der Waals surface area contributed by atoms with Crippen molar-refractivity contribution < 1.29 is 18.4 Å². The van der Waals surface area contributed by atoms with Gasteiger partial charge in [-0.1, -0.05) is 42.0 Å². The zero-order valence-electron chi connectivity index (χ0n) is 17.1. The van der Waals surface area contributed by atoms with Crippen molar-refractivity contribution in [3.05, 3.63) is 76.6 Å². The average Bonchev–Trinajstić information content (AvgIpc) is 2.80. The summed E-state index contributed by atoms with van der Waals surface area (Å²) in [4.78, 5) is 29.6. The molecular formula is C24H17ClF2N4O2. The van der Waals surface area contributed by atoms with Crippen LogP contribution in [-0.4, -0.2) is 46.8 Å². The summed E-state index contributed by atoms with van der Waals surface area (Å²) >= 11 is 6.02. The van der Waals surface area contributed by atoms with Crippen LogP contribution in [0.1, 0.15) is 21.5 Å². The lowest BCUT2D eigenvalue weighted by Crippen LogP contribution is -2.67. The number of likely N-dealkylation sites (tertiary alicyclic amines) is 1. The number of carbonyl (C=O) groups excluding carboxylic acids is 2. The fraction of sp³-hybridized carbons (Fsp3) is 0.167. The Kier molecular flexibility index (Phi) is 6.07. The Morgan fingerprint density at radius 1 is 1.21 bits per heavy atom. The van der Waals surface area contributed by atoms with E-state index in [1.807, 2.05) is 42.5 Å². The van der Waals surface area contributed by atoms with Crippen molar-refractivity contribution in [1.29, 1.82) is 5.26 Å². The van der Waals surface area contributed by atoms with Crippen molar-refractivity contribution in [2.45, 2.75) is 12.0 Å². The third-order valence-corrected chi connectivity index (χ3v) is 5.55. The Bertz CT molecular complexity index is 1320. The molecule has 0 aliphatic carbocycles. The molecule has 1 fully saturated rings. The van der Waals surface area contributed by atoms with Gasteiger partial charge in [-0.3, -0.25) is 14.6 Å². The van der Waals surface area contributed by atoms with Crippen LogP contribution in [0.25, 0.3) is 22.9 Å². The number of hydrogen-bond acceptors (Lipinski definition) is 4. The first-order valence-corrected chi connectivity index (χ1v) is 10.3. The first kappa shape index (κ1) is 22.4. The van der Waals surface area contributed by atoms with Gasteiger partial charge in [0.15, 0.2) is 6.04 Å². The second kappa shape index (κ2) is 8.96. The molecule has 2 aromatic carbocycles. The number of amides is 2. The summed E-state index contributed by atoms with van der Waals surface area (Å²) in [6.45, 7) is -1.33. The van der Waals surface area contributed by atoms with Gasteiger partial charge in [-0.05, 0) is 40.6 Å². The zero-order valence-corrected chi connectivity index (χ0v) is 17.9. The van der Waals surface area contributed by atoms with Gasteiger partial charge in [0.05, 0.1) is 19.2 Å². The maximum atomic E-state index is 13.3. The third kappa shape index (κ3) is 4.69. The van der Waals surface area contributed by atoms with Gasteiger partial charge < -0.3 is 10.2 Å². The van der Waals surface area contributed by atoms with E-state index in [9.17, 15) is 18.4 Å². The number of hydrogen-bond donors (Lipinski definition) is 1. The predicted molar refractivity (Wildman–Crippen MR) is 121 cm³/mol. The molecule has 1 aliphatic rings. The summed E-state index contributed by atoms with van der Waals surface area (Å²) in [6, 6.07) is 12.5. The number of benzene rings is 2. The van der Waals surface area contributed by atoms with Crippen LogP contribution in [0.2, 0.25) is 5.02 Å². The second-order valence-electron chi connectivity index (χ2n) is 7.54. The SMILES string of the molecule is N#C[C@H]1N(C(=O)CNC(=O)c2ccncc2/C=C/c2ccc3cc(Cl)ccc3c2)CC1(F)F. The number of nitrogens with one attached hydrogen (secondary N) is 1. The number of aromatic nitrogens is 1. The summed E-state index contributed by atoms with van der Waals surface area (Å²) in [5.74, 6) is -4.53. The molecule has 1 aromatic heterocycles. The van der Waals surface area contributed by atoms with E-state index in [1.54, 1.807) is 6.08 Å². The molecule has 166 valence electrons. The van der Waals surface area contributed by atoms with Crippen LogP contribution < -0.4 is 5.32 Å². The number of pyridine rings is 1. The minimum atomic E-state index is -3.23. The van der Waals surface area contributed by atoms with E-state index < -0.39 is 36.9 Å². The van der Waals surface area contributed by atoms with Crippen LogP contribution in [0.3, 0.4) is 0 Å². The summed E-state index contributed by atoms with van der Waals surface area (Å²) in [7, 11) is 0. The number of nitrogens with zero attached hydrogens (tertiary/aromatic N) is 3. The number of rotatable bonds is 5. The summed E-state index contributed by atoms with van der Waals surface area (Å²) in [5.41, 5.74) is 1.69. The van der Waals surface area contributed by atoms with E-state index in [4.69, 9.17) is 16.9 Å². The molecule has 2 amide bonds. The fourth-order valence-electron chi connectivity index (χ4n) is 3.54.